The Morgan fingerprint density at radius 2 is 1.71 bits per heavy atom. The lowest BCUT2D eigenvalue weighted by Crippen LogP contribution is -2.49. The largest absolute Gasteiger partial charge is 0.481 e. The fourth-order valence-corrected chi connectivity index (χ4v) is 3.99. The maximum absolute atomic E-state index is 13.1. The first-order chi connectivity index (χ1) is 13.4. The second-order valence-corrected chi connectivity index (χ2v) is 7.57. The highest BCUT2D eigenvalue weighted by atomic mass is 19.1. The molecule has 0 bridgehead atoms. The SMILES string of the molecule is O=C(O)CCC1(CCC(=O)N2CCN(c3ccc(F)cc3)CC2)CCC(=O)N1. The first kappa shape index (κ1) is 20.1. The molecule has 2 heterocycles. The van der Waals surface area contributed by atoms with Crippen LogP contribution in [0.5, 0.6) is 0 Å². The van der Waals surface area contributed by atoms with Gasteiger partial charge in [0.1, 0.15) is 5.82 Å². The van der Waals surface area contributed by atoms with Gasteiger partial charge in [0.05, 0.1) is 0 Å². The third-order valence-electron chi connectivity index (χ3n) is 5.69. The summed E-state index contributed by atoms with van der Waals surface area (Å²) in [6.45, 7) is 2.53. The number of carboxylic acid groups (broad SMARTS) is 1. The van der Waals surface area contributed by atoms with Gasteiger partial charge in [0.2, 0.25) is 11.8 Å². The highest BCUT2D eigenvalue weighted by Gasteiger charge is 2.38. The van der Waals surface area contributed by atoms with Gasteiger partial charge in [-0.3, -0.25) is 14.4 Å². The van der Waals surface area contributed by atoms with Gasteiger partial charge in [0, 0.05) is 56.7 Å². The van der Waals surface area contributed by atoms with Crippen molar-refractivity contribution in [3.63, 3.8) is 0 Å². The lowest BCUT2D eigenvalue weighted by Gasteiger charge is -2.37. The maximum atomic E-state index is 13.1. The molecule has 152 valence electrons. The van der Waals surface area contributed by atoms with E-state index in [0.717, 1.165) is 5.69 Å². The molecule has 2 aliphatic rings. The van der Waals surface area contributed by atoms with Gasteiger partial charge in [-0.05, 0) is 43.5 Å². The average Bonchev–Trinajstić information content (AvgIpc) is 3.07. The summed E-state index contributed by atoms with van der Waals surface area (Å²) in [6.07, 6.45) is 2.03. The summed E-state index contributed by atoms with van der Waals surface area (Å²) in [5.41, 5.74) is 0.357. The molecule has 2 saturated heterocycles. The van der Waals surface area contributed by atoms with Crippen LogP contribution in [0.1, 0.15) is 38.5 Å². The Morgan fingerprint density at radius 3 is 2.29 bits per heavy atom. The van der Waals surface area contributed by atoms with E-state index in [1.165, 1.54) is 12.1 Å². The van der Waals surface area contributed by atoms with Gasteiger partial charge in [-0.2, -0.15) is 0 Å². The molecule has 8 heteroatoms. The van der Waals surface area contributed by atoms with Crippen molar-refractivity contribution in [2.24, 2.45) is 0 Å². The summed E-state index contributed by atoms with van der Waals surface area (Å²) < 4.78 is 13.1. The molecule has 3 rings (SSSR count). The van der Waals surface area contributed by atoms with Crippen LogP contribution in [-0.4, -0.2) is 59.5 Å². The van der Waals surface area contributed by atoms with Gasteiger partial charge >= 0.3 is 5.97 Å². The molecule has 0 radical (unpaired) electrons. The maximum Gasteiger partial charge on any atom is 0.303 e. The number of amides is 2. The van der Waals surface area contributed by atoms with Crippen molar-refractivity contribution in [3.05, 3.63) is 30.1 Å². The fourth-order valence-electron chi connectivity index (χ4n) is 3.99. The summed E-state index contributed by atoms with van der Waals surface area (Å²) in [6, 6.07) is 6.34. The minimum absolute atomic E-state index is 0.0228. The molecule has 2 amide bonds. The molecule has 1 aromatic rings. The number of carbonyl (C=O) groups excluding carboxylic acids is 2. The number of rotatable bonds is 7. The molecule has 0 aliphatic carbocycles. The van der Waals surface area contributed by atoms with Crippen molar-refractivity contribution in [1.29, 1.82) is 0 Å². The van der Waals surface area contributed by atoms with Gasteiger partial charge in [-0.1, -0.05) is 0 Å². The molecule has 0 aromatic heterocycles. The van der Waals surface area contributed by atoms with Crippen molar-refractivity contribution >= 4 is 23.5 Å². The smallest absolute Gasteiger partial charge is 0.303 e. The summed E-state index contributed by atoms with van der Waals surface area (Å²) in [7, 11) is 0. The molecule has 2 aliphatic heterocycles. The van der Waals surface area contributed by atoms with Crippen molar-refractivity contribution in [3.8, 4) is 0 Å². The van der Waals surface area contributed by atoms with E-state index >= 15 is 0 Å². The minimum atomic E-state index is -0.899. The van der Waals surface area contributed by atoms with Crippen LogP contribution in [0.15, 0.2) is 24.3 Å². The highest BCUT2D eigenvalue weighted by molar-refractivity contribution is 5.80. The first-order valence-corrected chi connectivity index (χ1v) is 9.68. The van der Waals surface area contributed by atoms with Crippen LogP contribution in [0.3, 0.4) is 0 Å². The molecule has 0 spiro atoms. The van der Waals surface area contributed by atoms with Gasteiger partial charge in [-0.15, -0.1) is 0 Å². The number of anilines is 1. The van der Waals surface area contributed by atoms with E-state index < -0.39 is 11.5 Å². The zero-order chi connectivity index (χ0) is 20.1. The Balaban J connectivity index is 1.50. The molecule has 28 heavy (non-hydrogen) atoms. The number of carboxylic acids is 1. The van der Waals surface area contributed by atoms with Crippen LogP contribution in [0, 0.1) is 5.82 Å². The molecular formula is C20H26FN3O4. The van der Waals surface area contributed by atoms with Gasteiger partial charge < -0.3 is 20.2 Å². The van der Waals surface area contributed by atoms with Gasteiger partial charge in [0.25, 0.3) is 0 Å². The zero-order valence-corrected chi connectivity index (χ0v) is 15.8. The highest BCUT2D eigenvalue weighted by Crippen LogP contribution is 2.30. The quantitative estimate of drug-likeness (QED) is 0.739. The van der Waals surface area contributed by atoms with Crippen LogP contribution < -0.4 is 10.2 Å². The van der Waals surface area contributed by atoms with E-state index in [1.54, 1.807) is 12.1 Å². The predicted octanol–water partition coefficient (Wildman–Crippen LogP) is 1.77. The van der Waals surface area contributed by atoms with Crippen LogP contribution in [0.4, 0.5) is 10.1 Å². The number of piperazine rings is 1. The van der Waals surface area contributed by atoms with E-state index in [4.69, 9.17) is 5.11 Å². The van der Waals surface area contributed by atoms with E-state index in [9.17, 15) is 18.8 Å². The van der Waals surface area contributed by atoms with Crippen LogP contribution in [-0.2, 0) is 14.4 Å². The molecule has 0 saturated carbocycles. The molecule has 1 aromatic carbocycles. The summed E-state index contributed by atoms with van der Waals surface area (Å²) >= 11 is 0. The van der Waals surface area contributed by atoms with E-state index in [2.05, 4.69) is 10.2 Å². The van der Waals surface area contributed by atoms with Crippen LogP contribution in [0.25, 0.3) is 0 Å². The number of aliphatic carboxylic acids is 1. The number of halogens is 1. The molecular weight excluding hydrogens is 365 g/mol. The molecule has 7 nitrogen and oxygen atoms in total. The lowest BCUT2D eigenvalue weighted by molar-refractivity contribution is -0.137. The summed E-state index contributed by atoms with van der Waals surface area (Å²) in [5, 5.41) is 11.9. The molecule has 1 atom stereocenters. The normalized spacial score (nSPS) is 22.2. The number of carbonyl (C=O) groups is 3. The number of nitrogens with zero attached hydrogens (tertiary/aromatic N) is 2. The van der Waals surface area contributed by atoms with E-state index in [0.29, 0.717) is 51.9 Å². The number of benzene rings is 1. The first-order valence-electron chi connectivity index (χ1n) is 9.68. The Bertz CT molecular complexity index is 731. The minimum Gasteiger partial charge on any atom is -0.481 e. The summed E-state index contributed by atoms with van der Waals surface area (Å²) in [4.78, 5) is 39.1. The summed E-state index contributed by atoms with van der Waals surface area (Å²) in [5.74, 6) is -1.22. The van der Waals surface area contributed by atoms with Crippen molar-refractivity contribution < 1.29 is 23.9 Å². The second-order valence-electron chi connectivity index (χ2n) is 7.57. The number of nitrogens with one attached hydrogen (secondary N) is 1. The van der Waals surface area contributed by atoms with E-state index in [-0.39, 0.29) is 30.5 Å². The lowest BCUT2D eigenvalue weighted by atomic mass is 9.86. The number of hydrogen-bond donors (Lipinski definition) is 2. The Kier molecular flexibility index (Phi) is 6.16. The van der Waals surface area contributed by atoms with Gasteiger partial charge in [-0.25, -0.2) is 4.39 Å². The third-order valence-corrected chi connectivity index (χ3v) is 5.69. The average molecular weight is 391 g/mol. The monoisotopic (exact) mass is 391 g/mol. The standard InChI is InChI=1S/C20H26FN3O4/c21-15-1-3-16(4-2-15)23-11-13-24(14-12-23)18(26)6-9-20(10-7-19(27)28)8-5-17(25)22-20/h1-4H,5-14H2,(H,22,25)(H,27,28). The Morgan fingerprint density at radius 1 is 1.07 bits per heavy atom. The van der Waals surface area contributed by atoms with Crippen LogP contribution >= 0.6 is 0 Å². The van der Waals surface area contributed by atoms with Crippen molar-refractivity contribution in [2.45, 2.75) is 44.1 Å². The Labute approximate surface area is 163 Å². The Hall–Kier alpha value is -2.64. The van der Waals surface area contributed by atoms with Gasteiger partial charge in [0.15, 0.2) is 0 Å². The molecule has 2 N–H and O–H groups in total. The predicted molar refractivity (Wildman–Crippen MR) is 101 cm³/mol. The molecule has 2 fully saturated rings. The molecule has 1 unspecified atom stereocenters. The number of hydrogen-bond acceptors (Lipinski definition) is 4. The topological polar surface area (TPSA) is 90.0 Å². The van der Waals surface area contributed by atoms with Crippen molar-refractivity contribution in [1.82, 2.24) is 10.2 Å². The van der Waals surface area contributed by atoms with E-state index in [1.807, 2.05) is 4.90 Å². The third kappa shape index (κ3) is 4.99. The zero-order valence-electron chi connectivity index (χ0n) is 15.8. The van der Waals surface area contributed by atoms with Crippen molar-refractivity contribution in [2.75, 3.05) is 31.1 Å². The van der Waals surface area contributed by atoms with Crippen LogP contribution in [0.2, 0.25) is 0 Å². The fraction of sp³-hybridized carbons (Fsp3) is 0.550. The second kappa shape index (κ2) is 8.58.